The van der Waals surface area contributed by atoms with Gasteiger partial charge in [0.25, 0.3) is 5.91 Å². The summed E-state index contributed by atoms with van der Waals surface area (Å²) in [5.41, 5.74) is 1.97. The third-order valence-corrected chi connectivity index (χ3v) is 4.79. The molecule has 1 heterocycles. The van der Waals surface area contributed by atoms with Crippen molar-refractivity contribution in [2.45, 2.75) is 25.7 Å². The van der Waals surface area contributed by atoms with Crippen molar-refractivity contribution < 1.29 is 13.2 Å². The van der Waals surface area contributed by atoms with Gasteiger partial charge < -0.3 is 5.32 Å². The Morgan fingerprint density at radius 1 is 1.17 bits per heavy atom. The maximum absolute atomic E-state index is 12.4. The lowest BCUT2D eigenvalue weighted by molar-refractivity contribution is 0.102. The normalized spacial score (nSPS) is 11.3. The van der Waals surface area contributed by atoms with Crippen LogP contribution in [0, 0.1) is 13.8 Å². The fraction of sp³-hybridized carbons (Fsp3) is 0.250. The van der Waals surface area contributed by atoms with E-state index in [0.717, 1.165) is 5.56 Å². The predicted molar refractivity (Wildman–Crippen MR) is 89.0 cm³/mol. The van der Waals surface area contributed by atoms with Gasteiger partial charge in [-0.05, 0) is 43.2 Å². The first-order valence-electron chi connectivity index (χ1n) is 7.18. The Kier molecular flexibility index (Phi) is 5.12. The largest absolute Gasteiger partial charge is 0.307 e. The highest BCUT2D eigenvalue weighted by atomic mass is 32.2. The minimum Gasteiger partial charge on any atom is -0.307 e. The van der Waals surface area contributed by atoms with E-state index in [1.165, 1.54) is 12.1 Å². The number of hydrogen-bond acceptors (Lipinski definition) is 4. The zero-order valence-electron chi connectivity index (χ0n) is 13.3. The van der Waals surface area contributed by atoms with Crippen molar-refractivity contribution in [3.63, 3.8) is 0 Å². The van der Waals surface area contributed by atoms with Gasteiger partial charge in [0.05, 0.1) is 4.90 Å². The van der Waals surface area contributed by atoms with Crippen LogP contribution in [0.2, 0.25) is 0 Å². The van der Waals surface area contributed by atoms with Crippen LogP contribution in [0.1, 0.15) is 28.4 Å². The summed E-state index contributed by atoms with van der Waals surface area (Å²) < 4.78 is 26.5. The molecule has 6 nitrogen and oxygen atoms in total. The Bertz CT molecular complexity index is 815. The van der Waals surface area contributed by atoms with Crippen LogP contribution >= 0.6 is 0 Å². The van der Waals surface area contributed by atoms with Gasteiger partial charge in [-0.15, -0.1) is 0 Å². The highest BCUT2D eigenvalue weighted by molar-refractivity contribution is 7.89. The highest BCUT2D eigenvalue weighted by Crippen LogP contribution is 2.17. The fourth-order valence-corrected chi connectivity index (χ4v) is 3.08. The molecular formula is C16H19N3O3S. The molecular weight excluding hydrogens is 314 g/mol. The zero-order valence-corrected chi connectivity index (χ0v) is 14.1. The van der Waals surface area contributed by atoms with E-state index in [1.54, 1.807) is 32.2 Å². The van der Waals surface area contributed by atoms with Gasteiger partial charge in [-0.2, -0.15) is 0 Å². The number of anilines is 1. The third-order valence-electron chi connectivity index (χ3n) is 3.25. The number of aryl methyl sites for hydroxylation is 2. The second-order valence-electron chi connectivity index (χ2n) is 5.15. The fourth-order valence-electron chi connectivity index (χ4n) is 2.01. The van der Waals surface area contributed by atoms with E-state index >= 15 is 0 Å². The van der Waals surface area contributed by atoms with Crippen LogP contribution in [0.3, 0.4) is 0 Å². The number of aromatic nitrogens is 1. The van der Waals surface area contributed by atoms with Crippen molar-refractivity contribution in [2.75, 3.05) is 11.9 Å². The van der Waals surface area contributed by atoms with Gasteiger partial charge >= 0.3 is 0 Å². The van der Waals surface area contributed by atoms with Gasteiger partial charge in [-0.25, -0.2) is 18.1 Å². The Morgan fingerprint density at radius 2 is 1.91 bits per heavy atom. The van der Waals surface area contributed by atoms with Crippen LogP contribution in [-0.4, -0.2) is 25.9 Å². The summed E-state index contributed by atoms with van der Waals surface area (Å²) in [5.74, 6) is 0.0207. The third kappa shape index (κ3) is 4.14. The van der Waals surface area contributed by atoms with Crippen LogP contribution in [0.4, 0.5) is 5.82 Å². The summed E-state index contributed by atoms with van der Waals surface area (Å²) in [4.78, 5) is 16.6. The molecule has 0 aliphatic rings. The summed E-state index contributed by atoms with van der Waals surface area (Å²) in [5, 5.41) is 2.67. The Labute approximate surface area is 136 Å². The molecule has 2 aromatic rings. The summed E-state index contributed by atoms with van der Waals surface area (Å²) in [6.45, 7) is 5.63. The van der Waals surface area contributed by atoms with E-state index in [-0.39, 0.29) is 11.4 Å². The minimum absolute atomic E-state index is 0.0620. The standard InChI is InChI=1S/C16H19N3O3S/c1-4-18-23(21,22)13-7-6-12(3)14(9-13)16(20)19-15-8-5-11(2)10-17-15/h5-10,18H,4H2,1-3H3,(H,17,19,20). The average Bonchev–Trinajstić information content (AvgIpc) is 2.49. The van der Waals surface area contributed by atoms with E-state index in [2.05, 4.69) is 15.0 Å². The summed E-state index contributed by atoms with van der Waals surface area (Å²) in [6.07, 6.45) is 1.65. The molecule has 0 unspecified atom stereocenters. The minimum atomic E-state index is -3.61. The molecule has 0 fully saturated rings. The molecule has 0 aliphatic heterocycles. The van der Waals surface area contributed by atoms with Crippen molar-refractivity contribution in [1.82, 2.24) is 9.71 Å². The van der Waals surface area contributed by atoms with E-state index in [4.69, 9.17) is 0 Å². The van der Waals surface area contributed by atoms with Gasteiger partial charge in [0.1, 0.15) is 5.82 Å². The molecule has 0 spiro atoms. The molecule has 0 bridgehead atoms. The number of pyridine rings is 1. The second-order valence-corrected chi connectivity index (χ2v) is 6.92. The zero-order chi connectivity index (χ0) is 17.0. The quantitative estimate of drug-likeness (QED) is 0.878. The lowest BCUT2D eigenvalue weighted by atomic mass is 10.1. The lowest BCUT2D eigenvalue weighted by Crippen LogP contribution is -2.24. The summed E-state index contributed by atoms with van der Waals surface area (Å²) >= 11 is 0. The van der Waals surface area contributed by atoms with Crippen molar-refractivity contribution in [3.05, 3.63) is 53.2 Å². The predicted octanol–water partition coefficient (Wildman–Crippen LogP) is 2.25. The smallest absolute Gasteiger partial charge is 0.257 e. The lowest BCUT2D eigenvalue weighted by Gasteiger charge is -2.10. The highest BCUT2D eigenvalue weighted by Gasteiger charge is 2.17. The van der Waals surface area contributed by atoms with Crippen molar-refractivity contribution in [2.24, 2.45) is 0 Å². The number of nitrogens with zero attached hydrogens (tertiary/aromatic N) is 1. The van der Waals surface area contributed by atoms with Gasteiger partial charge in [0.15, 0.2) is 0 Å². The van der Waals surface area contributed by atoms with E-state index < -0.39 is 15.9 Å². The summed E-state index contributed by atoms with van der Waals surface area (Å²) in [6, 6.07) is 8.00. The molecule has 1 aromatic carbocycles. The Balaban J connectivity index is 2.31. The molecule has 1 aromatic heterocycles. The molecule has 122 valence electrons. The number of benzene rings is 1. The molecule has 0 radical (unpaired) electrons. The maximum atomic E-state index is 12.4. The Hall–Kier alpha value is -2.25. The van der Waals surface area contributed by atoms with Crippen LogP contribution in [0.5, 0.6) is 0 Å². The summed E-state index contributed by atoms with van der Waals surface area (Å²) in [7, 11) is -3.61. The molecule has 0 aliphatic carbocycles. The number of carbonyl (C=O) groups excluding carboxylic acids is 1. The van der Waals surface area contributed by atoms with Crippen LogP contribution in [-0.2, 0) is 10.0 Å². The number of rotatable bonds is 5. The molecule has 0 atom stereocenters. The maximum Gasteiger partial charge on any atom is 0.257 e. The molecule has 1 amide bonds. The first-order chi connectivity index (χ1) is 10.8. The van der Waals surface area contributed by atoms with Gasteiger partial charge in [0, 0.05) is 18.3 Å². The molecule has 2 N–H and O–H groups in total. The van der Waals surface area contributed by atoms with Crippen LogP contribution in [0.15, 0.2) is 41.4 Å². The van der Waals surface area contributed by atoms with Crippen LogP contribution < -0.4 is 10.0 Å². The second kappa shape index (κ2) is 6.89. The Morgan fingerprint density at radius 3 is 2.52 bits per heavy atom. The van der Waals surface area contributed by atoms with Crippen molar-refractivity contribution in [3.8, 4) is 0 Å². The van der Waals surface area contributed by atoms with E-state index in [0.29, 0.717) is 16.9 Å². The SMILES string of the molecule is CCNS(=O)(=O)c1ccc(C)c(C(=O)Nc2ccc(C)cn2)c1. The first-order valence-corrected chi connectivity index (χ1v) is 8.66. The van der Waals surface area contributed by atoms with Crippen molar-refractivity contribution in [1.29, 1.82) is 0 Å². The van der Waals surface area contributed by atoms with Crippen LogP contribution in [0.25, 0.3) is 0 Å². The van der Waals surface area contributed by atoms with Crippen molar-refractivity contribution >= 4 is 21.7 Å². The molecule has 7 heteroatoms. The molecule has 0 saturated carbocycles. The number of hydrogen-bond donors (Lipinski definition) is 2. The van der Waals surface area contributed by atoms with E-state index in [9.17, 15) is 13.2 Å². The number of amides is 1. The molecule has 2 rings (SSSR count). The average molecular weight is 333 g/mol. The first kappa shape index (κ1) is 17.1. The van der Waals surface area contributed by atoms with Gasteiger partial charge in [-0.3, -0.25) is 4.79 Å². The van der Waals surface area contributed by atoms with E-state index in [1.807, 2.05) is 13.0 Å². The van der Waals surface area contributed by atoms with Gasteiger partial charge in [0.2, 0.25) is 10.0 Å². The topological polar surface area (TPSA) is 88.2 Å². The molecule has 0 saturated heterocycles. The van der Waals surface area contributed by atoms with Gasteiger partial charge in [-0.1, -0.05) is 19.1 Å². The number of sulfonamides is 1. The molecule has 23 heavy (non-hydrogen) atoms. The number of carbonyl (C=O) groups is 1. The monoisotopic (exact) mass is 333 g/mol. The number of nitrogens with one attached hydrogen (secondary N) is 2.